The highest BCUT2D eigenvalue weighted by atomic mass is 14.1. The maximum atomic E-state index is 2.52. The first-order chi connectivity index (χ1) is 17.7. The Morgan fingerprint density at radius 3 is 0.944 bits per heavy atom. The van der Waals surface area contributed by atoms with E-state index in [2.05, 4.69) is 27.7 Å². The van der Waals surface area contributed by atoms with Gasteiger partial charge in [-0.05, 0) is 11.8 Å². The molecule has 0 heterocycles. The van der Waals surface area contributed by atoms with Crippen molar-refractivity contribution in [2.45, 2.75) is 220 Å². The standard InChI is InChI=1S/C36H74/c1-5-8-10-12-14-16-18-20-22-24-26-28-31-35(4)32-30-34-36(7-3)33-29-27-25-23-21-19-17-15-13-11-9-6-2/h35-36H,5-34H2,1-4H3. The fraction of sp³-hybridized carbons (Fsp3) is 1.00. The summed E-state index contributed by atoms with van der Waals surface area (Å²) in [5, 5.41) is 0. The molecular weight excluding hydrogens is 432 g/mol. The molecule has 0 aliphatic carbocycles. The molecule has 0 aliphatic heterocycles. The van der Waals surface area contributed by atoms with Gasteiger partial charge in [-0.15, -0.1) is 0 Å². The summed E-state index contributed by atoms with van der Waals surface area (Å²) < 4.78 is 0. The topological polar surface area (TPSA) is 0 Å². The Balaban J connectivity index is 3.39. The van der Waals surface area contributed by atoms with Crippen molar-refractivity contribution >= 4 is 0 Å². The summed E-state index contributed by atoms with van der Waals surface area (Å²) in [5.41, 5.74) is 0. The molecule has 218 valence electrons. The first-order valence-corrected chi connectivity index (χ1v) is 17.7. The van der Waals surface area contributed by atoms with Gasteiger partial charge >= 0.3 is 0 Å². The Morgan fingerprint density at radius 2 is 0.583 bits per heavy atom. The van der Waals surface area contributed by atoms with E-state index in [0.717, 1.165) is 11.8 Å². The van der Waals surface area contributed by atoms with Crippen molar-refractivity contribution in [3.63, 3.8) is 0 Å². The van der Waals surface area contributed by atoms with Crippen LogP contribution >= 0.6 is 0 Å². The van der Waals surface area contributed by atoms with E-state index in [1.165, 1.54) is 193 Å². The van der Waals surface area contributed by atoms with Crippen LogP contribution in [0.15, 0.2) is 0 Å². The second-order valence-corrected chi connectivity index (χ2v) is 12.7. The molecule has 0 N–H and O–H groups in total. The smallest absolute Gasteiger partial charge is 0.0417 e. The third-order valence-corrected chi connectivity index (χ3v) is 8.90. The minimum Gasteiger partial charge on any atom is -0.0654 e. The van der Waals surface area contributed by atoms with Crippen LogP contribution in [0.5, 0.6) is 0 Å². The maximum absolute atomic E-state index is 2.52. The average Bonchev–Trinajstić information content (AvgIpc) is 2.88. The van der Waals surface area contributed by atoms with Crippen LogP contribution in [0, 0.1) is 11.8 Å². The summed E-state index contributed by atoms with van der Waals surface area (Å²) in [7, 11) is 0. The average molecular weight is 507 g/mol. The molecule has 0 radical (unpaired) electrons. The Labute approximate surface area is 232 Å². The molecular formula is C36H74. The third-order valence-electron chi connectivity index (χ3n) is 8.90. The van der Waals surface area contributed by atoms with Gasteiger partial charge in [-0.1, -0.05) is 220 Å². The molecule has 0 amide bonds. The van der Waals surface area contributed by atoms with Crippen LogP contribution in [-0.4, -0.2) is 0 Å². The Morgan fingerprint density at radius 1 is 0.306 bits per heavy atom. The van der Waals surface area contributed by atoms with Crippen LogP contribution in [0.1, 0.15) is 220 Å². The highest BCUT2D eigenvalue weighted by Gasteiger charge is 2.08. The summed E-state index contributed by atoms with van der Waals surface area (Å²) >= 11 is 0. The molecule has 0 nitrogen and oxygen atoms in total. The second-order valence-electron chi connectivity index (χ2n) is 12.7. The van der Waals surface area contributed by atoms with Crippen LogP contribution in [0.2, 0.25) is 0 Å². The van der Waals surface area contributed by atoms with E-state index in [1.807, 2.05) is 0 Å². The third kappa shape index (κ3) is 28.6. The van der Waals surface area contributed by atoms with Crippen LogP contribution in [0.3, 0.4) is 0 Å². The van der Waals surface area contributed by atoms with Gasteiger partial charge in [-0.3, -0.25) is 0 Å². The highest BCUT2D eigenvalue weighted by molar-refractivity contribution is 4.62. The fourth-order valence-electron chi connectivity index (χ4n) is 6.06. The minimum atomic E-state index is 0.956. The van der Waals surface area contributed by atoms with Gasteiger partial charge in [-0.2, -0.15) is 0 Å². The second kappa shape index (κ2) is 31.2. The molecule has 0 saturated heterocycles. The fourth-order valence-corrected chi connectivity index (χ4v) is 6.06. The zero-order valence-corrected chi connectivity index (χ0v) is 26.4. The Hall–Kier alpha value is 0. The molecule has 36 heavy (non-hydrogen) atoms. The van der Waals surface area contributed by atoms with Crippen LogP contribution in [0.25, 0.3) is 0 Å². The minimum absolute atomic E-state index is 0.956. The number of hydrogen-bond acceptors (Lipinski definition) is 0. The van der Waals surface area contributed by atoms with Crippen molar-refractivity contribution in [3.05, 3.63) is 0 Å². The van der Waals surface area contributed by atoms with E-state index in [0.29, 0.717) is 0 Å². The van der Waals surface area contributed by atoms with Gasteiger partial charge in [0, 0.05) is 0 Å². The van der Waals surface area contributed by atoms with Crippen molar-refractivity contribution in [1.82, 2.24) is 0 Å². The largest absolute Gasteiger partial charge is 0.0654 e. The molecule has 2 atom stereocenters. The molecule has 0 aromatic carbocycles. The lowest BCUT2D eigenvalue weighted by Crippen LogP contribution is -2.02. The lowest BCUT2D eigenvalue weighted by Gasteiger charge is -2.17. The number of rotatable bonds is 31. The van der Waals surface area contributed by atoms with Crippen molar-refractivity contribution in [2.75, 3.05) is 0 Å². The zero-order chi connectivity index (χ0) is 26.4. The first-order valence-electron chi connectivity index (χ1n) is 17.7. The molecule has 0 aliphatic rings. The summed E-state index contributed by atoms with van der Waals surface area (Å²) in [6.45, 7) is 9.57. The molecule has 0 aromatic heterocycles. The van der Waals surface area contributed by atoms with E-state index in [1.54, 1.807) is 0 Å². The van der Waals surface area contributed by atoms with Gasteiger partial charge in [0.1, 0.15) is 0 Å². The molecule has 0 bridgehead atoms. The number of hydrogen-bond donors (Lipinski definition) is 0. The monoisotopic (exact) mass is 507 g/mol. The molecule has 0 spiro atoms. The van der Waals surface area contributed by atoms with E-state index in [9.17, 15) is 0 Å². The molecule has 2 unspecified atom stereocenters. The molecule has 0 rings (SSSR count). The normalized spacial score (nSPS) is 13.3. The van der Waals surface area contributed by atoms with Crippen LogP contribution in [-0.2, 0) is 0 Å². The van der Waals surface area contributed by atoms with E-state index >= 15 is 0 Å². The highest BCUT2D eigenvalue weighted by Crippen LogP contribution is 2.24. The quantitative estimate of drug-likeness (QED) is 0.0820. The van der Waals surface area contributed by atoms with Crippen molar-refractivity contribution in [3.8, 4) is 0 Å². The predicted molar refractivity (Wildman–Crippen MR) is 168 cm³/mol. The Bertz CT molecular complexity index is 372. The first kappa shape index (κ1) is 36.0. The zero-order valence-electron chi connectivity index (χ0n) is 26.4. The summed E-state index contributed by atoms with van der Waals surface area (Å²) in [4.78, 5) is 0. The van der Waals surface area contributed by atoms with E-state index < -0.39 is 0 Å². The van der Waals surface area contributed by atoms with Gasteiger partial charge < -0.3 is 0 Å². The summed E-state index contributed by atoms with van der Waals surface area (Å²) in [6, 6.07) is 0. The van der Waals surface area contributed by atoms with E-state index in [-0.39, 0.29) is 0 Å². The lowest BCUT2D eigenvalue weighted by atomic mass is 9.90. The van der Waals surface area contributed by atoms with Gasteiger partial charge in [0.15, 0.2) is 0 Å². The SMILES string of the molecule is CCCCCCCCCCCCCCC(C)CCCC(CC)CCCCCCCCCCCCCC. The molecule has 0 heteroatoms. The summed E-state index contributed by atoms with van der Waals surface area (Å²) in [6.07, 6.45) is 44.1. The van der Waals surface area contributed by atoms with Crippen molar-refractivity contribution in [2.24, 2.45) is 11.8 Å². The van der Waals surface area contributed by atoms with Crippen LogP contribution in [0.4, 0.5) is 0 Å². The van der Waals surface area contributed by atoms with E-state index in [4.69, 9.17) is 0 Å². The van der Waals surface area contributed by atoms with Crippen molar-refractivity contribution < 1.29 is 0 Å². The predicted octanol–water partition coefficient (Wildman–Crippen LogP) is 14.0. The van der Waals surface area contributed by atoms with Crippen molar-refractivity contribution in [1.29, 1.82) is 0 Å². The lowest BCUT2D eigenvalue weighted by molar-refractivity contribution is 0.366. The number of unbranched alkanes of at least 4 members (excludes halogenated alkanes) is 22. The summed E-state index contributed by atoms with van der Waals surface area (Å²) in [5.74, 6) is 1.96. The molecule has 0 aromatic rings. The Kier molecular flexibility index (Phi) is 31.2. The molecule has 0 saturated carbocycles. The van der Waals surface area contributed by atoms with Gasteiger partial charge in [0.05, 0.1) is 0 Å². The molecule has 0 fully saturated rings. The maximum Gasteiger partial charge on any atom is -0.0417 e. The van der Waals surface area contributed by atoms with Gasteiger partial charge in [0.25, 0.3) is 0 Å². The van der Waals surface area contributed by atoms with Gasteiger partial charge in [-0.25, -0.2) is 0 Å². The van der Waals surface area contributed by atoms with Crippen LogP contribution < -0.4 is 0 Å². The van der Waals surface area contributed by atoms with Gasteiger partial charge in [0.2, 0.25) is 0 Å².